The summed E-state index contributed by atoms with van der Waals surface area (Å²) in [4.78, 5) is 13.1. The van der Waals surface area contributed by atoms with Gasteiger partial charge >= 0.3 is 5.97 Å². The Kier molecular flexibility index (Phi) is 7.38. The summed E-state index contributed by atoms with van der Waals surface area (Å²) in [6.07, 6.45) is 0. The smallest absolute Gasteiger partial charge is 0.379 e. The van der Waals surface area contributed by atoms with Gasteiger partial charge in [0.2, 0.25) is 11.6 Å². The van der Waals surface area contributed by atoms with Crippen LogP contribution in [0.15, 0.2) is 64.4 Å². The number of esters is 1. The van der Waals surface area contributed by atoms with Crippen LogP contribution in [0.25, 0.3) is 11.0 Å². The van der Waals surface area contributed by atoms with Crippen LogP contribution in [0.4, 0.5) is 0 Å². The van der Waals surface area contributed by atoms with Crippen molar-refractivity contribution >= 4 is 16.9 Å². The third-order valence-electron chi connectivity index (χ3n) is 7.23. The topological polar surface area (TPSA) is 117 Å². The lowest BCUT2D eigenvalue weighted by Crippen LogP contribution is -2.21. The van der Waals surface area contributed by atoms with Gasteiger partial charge in [-0.2, -0.15) is 5.26 Å². The van der Waals surface area contributed by atoms with Crippen molar-refractivity contribution in [2.75, 3.05) is 13.7 Å². The quantitative estimate of drug-likeness (QED) is 0.196. The molecule has 0 bridgehead atoms. The molecule has 0 spiro atoms. The molecule has 8 heteroatoms. The molecule has 41 heavy (non-hydrogen) atoms. The summed E-state index contributed by atoms with van der Waals surface area (Å²) in [5.74, 6) is 1.11. The molecule has 1 aliphatic heterocycles. The number of nitrogens with two attached hydrogens (primary N) is 1. The summed E-state index contributed by atoms with van der Waals surface area (Å²) in [5.41, 5.74) is 11.5. The minimum absolute atomic E-state index is 0.0218. The number of rotatable bonds is 7. The van der Waals surface area contributed by atoms with Crippen LogP contribution in [0.3, 0.4) is 0 Å². The van der Waals surface area contributed by atoms with Gasteiger partial charge in [0.25, 0.3) is 0 Å². The third kappa shape index (κ3) is 5.19. The highest BCUT2D eigenvalue weighted by Crippen LogP contribution is 2.45. The minimum Gasteiger partial charge on any atom is -0.493 e. The molecule has 2 heterocycles. The summed E-state index contributed by atoms with van der Waals surface area (Å²) in [6, 6.07) is 16.7. The van der Waals surface area contributed by atoms with Gasteiger partial charge in [-0.05, 0) is 73.7 Å². The molecule has 0 radical (unpaired) electrons. The Morgan fingerprint density at radius 2 is 1.80 bits per heavy atom. The van der Waals surface area contributed by atoms with Crippen molar-refractivity contribution in [2.45, 2.75) is 40.5 Å². The lowest BCUT2D eigenvalue weighted by molar-refractivity contribution is 0.0702. The predicted octanol–water partition coefficient (Wildman–Crippen LogP) is 6.84. The number of hydrogen-bond donors (Lipinski definition) is 1. The number of ether oxygens (including phenoxy) is 4. The molecular formula is C33H32N2O6. The molecule has 0 saturated carbocycles. The van der Waals surface area contributed by atoms with Gasteiger partial charge in [-0.15, -0.1) is 0 Å². The Bertz CT molecular complexity index is 1740. The highest BCUT2D eigenvalue weighted by Gasteiger charge is 2.32. The predicted molar refractivity (Wildman–Crippen MR) is 154 cm³/mol. The second kappa shape index (κ2) is 10.9. The fourth-order valence-electron chi connectivity index (χ4n) is 4.91. The largest absolute Gasteiger partial charge is 0.493 e. The molecule has 1 aliphatic rings. The summed E-state index contributed by atoms with van der Waals surface area (Å²) in [6.45, 7) is 10.5. The number of furan rings is 1. The van der Waals surface area contributed by atoms with Crippen LogP contribution >= 0.6 is 0 Å². The zero-order valence-corrected chi connectivity index (χ0v) is 24.0. The van der Waals surface area contributed by atoms with E-state index in [0.717, 1.165) is 22.1 Å². The van der Waals surface area contributed by atoms with Crippen LogP contribution in [0.5, 0.6) is 23.0 Å². The van der Waals surface area contributed by atoms with Crippen molar-refractivity contribution in [2.24, 2.45) is 11.7 Å². The van der Waals surface area contributed by atoms with E-state index < -0.39 is 11.9 Å². The molecule has 1 aromatic heterocycles. The Morgan fingerprint density at radius 3 is 2.51 bits per heavy atom. The average Bonchev–Trinajstić information content (AvgIpc) is 3.26. The molecule has 3 aromatic carbocycles. The molecule has 5 rings (SSSR count). The first kappa shape index (κ1) is 27.7. The molecule has 0 aliphatic carbocycles. The van der Waals surface area contributed by atoms with Gasteiger partial charge in [0.05, 0.1) is 19.6 Å². The van der Waals surface area contributed by atoms with E-state index in [2.05, 4.69) is 19.9 Å². The van der Waals surface area contributed by atoms with Gasteiger partial charge in [0.1, 0.15) is 28.7 Å². The summed E-state index contributed by atoms with van der Waals surface area (Å²) in [5, 5.41) is 10.8. The fourth-order valence-corrected chi connectivity index (χ4v) is 4.91. The Morgan fingerprint density at radius 1 is 1.05 bits per heavy atom. The third-order valence-corrected chi connectivity index (χ3v) is 7.23. The van der Waals surface area contributed by atoms with Gasteiger partial charge in [-0.3, -0.25) is 0 Å². The van der Waals surface area contributed by atoms with E-state index in [1.54, 1.807) is 25.3 Å². The second-order valence-electron chi connectivity index (χ2n) is 10.6. The first-order valence-corrected chi connectivity index (χ1v) is 13.4. The maximum absolute atomic E-state index is 13.1. The van der Waals surface area contributed by atoms with E-state index in [-0.39, 0.29) is 23.0 Å². The van der Waals surface area contributed by atoms with Crippen molar-refractivity contribution in [3.63, 3.8) is 0 Å². The first-order valence-electron chi connectivity index (χ1n) is 13.4. The lowest BCUT2D eigenvalue weighted by atomic mass is 9.83. The van der Waals surface area contributed by atoms with Crippen molar-refractivity contribution in [1.29, 1.82) is 5.26 Å². The van der Waals surface area contributed by atoms with Crippen molar-refractivity contribution < 1.29 is 28.2 Å². The minimum atomic E-state index is -0.621. The highest BCUT2D eigenvalue weighted by atomic mass is 16.5. The molecule has 8 nitrogen and oxygen atoms in total. The van der Waals surface area contributed by atoms with E-state index in [9.17, 15) is 10.1 Å². The maximum atomic E-state index is 13.1. The zero-order valence-electron chi connectivity index (χ0n) is 24.0. The molecular weight excluding hydrogens is 520 g/mol. The first-order chi connectivity index (χ1) is 19.6. The van der Waals surface area contributed by atoms with Crippen LogP contribution < -0.4 is 24.7 Å². The highest BCUT2D eigenvalue weighted by molar-refractivity contribution is 5.97. The molecule has 2 N–H and O–H groups in total. The monoisotopic (exact) mass is 552 g/mol. The van der Waals surface area contributed by atoms with Crippen LogP contribution in [-0.2, 0) is 0 Å². The molecule has 1 unspecified atom stereocenters. The Hall–Kier alpha value is -4.90. The molecule has 4 aromatic rings. The number of methoxy groups -OCH3 is 1. The number of hydrogen-bond acceptors (Lipinski definition) is 8. The number of nitrogens with zero attached hydrogens (tertiary/aromatic N) is 1. The molecule has 0 fully saturated rings. The molecule has 1 atom stereocenters. The number of nitriles is 1. The van der Waals surface area contributed by atoms with E-state index in [1.165, 1.54) is 0 Å². The van der Waals surface area contributed by atoms with Gasteiger partial charge in [-0.25, -0.2) is 4.79 Å². The number of aryl methyl sites for hydroxylation is 3. The number of carbonyl (C=O) groups excluding carboxylic acids is 1. The van der Waals surface area contributed by atoms with Gasteiger partial charge in [0, 0.05) is 22.6 Å². The summed E-state index contributed by atoms with van der Waals surface area (Å²) >= 11 is 0. The van der Waals surface area contributed by atoms with Crippen LogP contribution in [0, 0.1) is 38.0 Å². The fraction of sp³-hybridized carbons (Fsp3) is 0.273. The number of allylic oxidation sites excluding steroid dienone is 1. The van der Waals surface area contributed by atoms with E-state index in [4.69, 9.17) is 29.1 Å². The van der Waals surface area contributed by atoms with E-state index in [1.807, 2.05) is 51.1 Å². The zero-order chi connectivity index (χ0) is 29.4. The standard InChI is InChI=1S/C33H32N2O6/c1-17(2)16-38-26-10-7-21(13-29(26)37-6)30-23-9-8-22(14-28(23)41-32(35)25(30)15-34)39-33(36)31-20(5)24-11-18(3)19(4)12-27(24)40-31/h7-14,17,30H,16,35H2,1-6H3. The molecule has 210 valence electrons. The van der Waals surface area contributed by atoms with Crippen molar-refractivity contribution in [3.8, 4) is 29.1 Å². The average molecular weight is 553 g/mol. The molecule has 0 saturated heterocycles. The second-order valence-corrected chi connectivity index (χ2v) is 10.6. The summed E-state index contributed by atoms with van der Waals surface area (Å²) < 4.78 is 28.9. The van der Waals surface area contributed by atoms with Crippen molar-refractivity contribution in [1.82, 2.24) is 0 Å². The SMILES string of the molecule is COc1cc(C2C(C#N)=C(N)Oc3cc(OC(=O)c4oc5cc(C)c(C)cc5c4C)ccc32)ccc1OCC(C)C. The lowest BCUT2D eigenvalue weighted by Gasteiger charge is -2.27. The van der Waals surface area contributed by atoms with Gasteiger partial charge < -0.3 is 29.1 Å². The van der Waals surface area contributed by atoms with Crippen LogP contribution in [0.1, 0.15) is 58.1 Å². The van der Waals surface area contributed by atoms with Crippen LogP contribution in [0.2, 0.25) is 0 Å². The number of carbonyl (C=O) groups is 1. The number of benzene rings is 3. The van der Waals surface area contributed by atoms with Gasteiger partial charge in [0.15, 0.2) is 11.5 Å². The van der Waals surface area contributed by atoms with Gasteiger partial charge in [-0.1, -0.05) is 26.0 Å². The Balaban J connectivity index is 1.47. The van der Waals surface area contributed by atoms with E-state index >= 15 is 0 Å². The Labute approximate surface area is 238 Å². The normalized spacial score (nSPS) is 14.4. The molecule has 0 amide bonds. The van der Waals surface area contributed by atoms with Crippen LogP contribution in [-0.4, -0.2) is 19.7 Å². The van der Waals surface area contributed by atoms with Crippen molar-refractivity contribution in [3.05, 3.63) is 93.6 Å². The maximum Gasteiger partial charge on any atom is 0.379 e. The number of fused-ring (bicyclic) bond motifs is 2. The van der Waals surface area contributed by atoms with E-state index in [0.29, 0.717) is 46.5 Å². The summed E-state index contributed by atoms with van der Waals surface area (Å²) in [7, 11) is 1.57.